The summed E-state index contributed by atoms with van der Waals surface area (Å²) >= 11 is 0. The van der Waals surface area contributed by atoms with Gasteiger partial charge in [0.25, 0.3) is 0 Å². The number of carbonyl (C=O) groups is 2. The van der Waals surface area contributed by atoms with Gasteiger partial charge in [-0.2, -0.15) is 26.3 Å². The molecule has 16 heteroatoms. The Balaban J connectivity index is 1.68. The topological polar surface area (TPSA) is 95.0 Å². The summed E-state index contributed by atoms with van der Waals surface area (Å²) in [5, 5.41) is 9.40. The number of hydrogen-bond acceptors (Lipinski definition) is 5. The predicted octanol–water partition coefficient (Wildman–Crippen LogP) is 6.12. The molecule has 0 bridgehead atoms. The number of carboxylic acid groups (broad SMARTS) is 1. The van der Waals surface area contributed by atoms with Crippen LogP contribution in [0.5, 0.6) is 0 Å². The Kier molecular flexibility index (Phi) is 7.97. The number of likely N-dealkylation sites (tertiary alicyclic amines) is 1. The molecule has 2 atom stereocenters. The smallest absolute Gasteiger partial charge is 0.435 e. The number of benzene rings is 2. The van der Waals surface area contributed by atoms with Crippen molar-refractivity contribution in [1.82, 2.24) is 4.90 Å². The Hall–Kier alpha value is -3.43. The molecule has 0 radical (unpaired) electrons. The fourth-order valence-corrected chi connectivity index (χ4v) is 9.57. The lowest BCUT2D eigenvalue weighted by Crippen LogP contribution is -2.59. The molecule has 1 saturated heterocycles. The number of carbonyl (C=O) groups excluding carboxylic acids is 1. The highest BCUT2D eigenvalue weighted by Gasteiger charge is 2.74. The summed E-state index contributed by atoms with van der Waals surface area (Å²) in [6, 6.07) is 3.82. The molecule has 1 aliphatic carbocycles. The molecule has 2 aliphatic heterocycles. The van der Waals surface area contributed by atoms with Gasteiger partial charge in [0.1, 0.15) is 10.6 Å². The molecule has 2 heterocycles. The average molecular weight is 683 g/mol. The minimum Gasteiger partial charge on any atom is -0.481 e. The number of fused-ring (bicyclic) bond motifs is 3. The van der Waals surface area contributed by atoms with Crippen molar-refractivity contribution >= 4 is 27.4 Å². The number of sulfone groups is 1. The maximum absolute atomic E-state index is 15.1. The van der Waals surface area contributed by atoms with Gasteiger partial charge in [0.15, 0.2) is 9.84 Å². The molecule has 5 rings (SSSR count). The van der Waals surface area contributed by atoms with Crippen molar-refractivity contribution in [3.8, 4) is 0 Å². The first kappa shape index (κ1) is 33.9. The second-order valence-electron chi connectivity index (χ2n) is 12.6. The van der Waals surface area contributed by atoms with Gasteiger partial charge >= 0.3 is 24.0 Å². The number of hydrogen-bond donors (Lipinski definition) is 1. The van der Waals surface area contributed by atoms with Crippen LogP contribution in [0.3, 0.4) is 0 Å². The zero-order valence-corrected chi connectivity index (χ0v) is 25.4. The van der Waals surface area contributed by atoms with E-state index in [1.807, 2.05) is 0 Å². The van der Waals surface area contributed by atoms with E-state index < -0.39 is 83.8 Å². The van der Waals surface area contributed by atoms with Gasteiger partial charge in [-0.25, -0.2) is 17.2 Å². The highest BCUT2D eigenvalue weighted by Crippen LogP contribution is 2.58. The molecule has 1 N–H and O–H groups in total. The van der Waals surface area contributed by atoms with Crippen LogP contribution in [0, 0.1) is 17.2 Å². The van der Waals surface area contributed by atoms with Crippen LogP contribution < -0.4 is 4.90 Å². The molecule has 2 aromatic carbocycles. The lowest BCUT2D eigenvalue weighted by Gasteiger charge is -2.48. The van der Waals surface area contributed by atoms with Crippen LogP contribution in [-0.2, 0) is 29.8 Å². The molecular weight excluding hydrogens is 652 g/mol. The van der Waals surface area contributed by atoms with Crippen molar-refractivity contribution in [2.24, 2.45) is 11.3 Å². The third-order valence-corrected chi connectivity index (χ3v) is 12.5. The molecule has 2 aromatic rings. The number of rotatable bonds is 5. The first-order valence-corrected chi connectivity index (χ1v) is 15.8. The van der Waals surface area contributed by atoms with Crippen LogP contribution in [-0.4, -0.2) is 68.8 Å². The van der Waals surface area contributed by atoms with Crippen molar-refractivity contribution in [3.63, 3.8) is 0 Å². The lowest BCUT2D eigenvalue weighted by atomic mass is 9.70. The maximum Gasteiger partial charge on any atom is 0.435 e. The minimum absolute atomic E-state index is 0.172. The quantitative estimate of drug-likeness (QED) is 0.302. The van der Waals surface area contributed by atoms with Gasteiger partial charge < -0.3 is 14.9 Å². The van der Waals surface area contributed by atoms with E-state index >= 15 is 4.39 Å². The van der Waals surface area contributed by atoms with Gasteiger partial charge in [-0.1, -0.05) is 19.1 Å². The normalized spacial score (nSPS) is 27.3. The van der Waals surface area contributed by atoms with Crippen molar-refractivity contribution in [2.45, 2.75) is 72.7 Å². The molecule has 0 spiro atoms. The average Bonchev–Trinajstić information content (AvgIpc) is 3.36. The molecule has 2 fully saturated rings. The maximum atomic E-state index is 15.1. The Morgan fingerprint density at radius 2 is 1.48 bits per heavy atom. The summed E-state index contributed by atoms with van der Waals surface area (Å²) in [6.07, 6.45) is -12.4. The van der Waals surface area contributed by atoms with Crippen LogP contribution in [0.2, 0.25) is 0 Å². The molecule has 1 amide bonds. The zero-order valence-electron chi connectivity index (χ0n) is 24.6. The third kappa shape index (κ3) is 4.84. The lowest BCUT2D eigenvalue weighted by molar-refractivity contribution is -0.348. The van der Waals surface area contributed by atoms with Crippen LogP contribution >= 0.6 is 0 Å². The Morgan fingerprint density at radius 1 is 0.913 bits per heavy atom. The number of aliphatic carboxylic acids is 1. The number of halogens is 8. The zero-order chi connectivity index (χ0) is 34.3. The molecule has 252 valence electrons. The van der Waals surface area contributed by atoms with Gasteiger partial charge in [-0.15, -0.1) is 0 Å². The standard InChI is InChI=1S/C30H30F8N2O5S/c1-26(11-9-17(10-12-26)24(41)42)25(43)40-14-13-27(46(44,45)20-6-4-19(31)5-7-20)21-8-3-18(15-22(21)39(2)16-23(27)40)28(32,29(33,34)35)30(36,37)38/h3-8,15,17,23H,9-14,16H2,1-2H3,(H,41,42). The van der Waals surface area contributed by atoms with Crippen molar-refractivity contribution < 1.29 is 58.2 Å². The Labute approximate surface area is 259 Å². The van der Waals surface area contributed by atoms with E-state index in [0.717, 1.165) is 30.3 Å². The molecule has 7 nitrogen and oxygen atoms in total. The van der Waals surface area contributed by atoms with Crippen LogP contribution in [0.4, 0.5) is 40.8 Å². The molecular formula is C30H30F8N2O5S. The second-order valence-corrected chi connectivity index (χ2v) is 14.8. The molecule has 3 aliphatic rings. The predicted molar refractivity (Wildman–Crippen MR) is 148 cm³/mol. The van der Waals surface area contributed by atoms with Crippen LogP contribution in [0.15, 0.2) is 47.4 Å². The summed E-state index contributed by atoms with van der Waals surface area (Å²) in [5.74, 6) is -2.90. The number of alkyl halides is 7. The van der Waals surface area contributed by atoms with Gasteiger partial charge in [-0.05, 0) is 68.0 Å². The summed E-state index contributed by atoms with van der Waals surface area (Å²) in [5.41, 5.74) is -9.27. The van der Waals surface area contributed by atoms with Crippen LogP contribution in [0.1, 0.15) is 50.2 Å². The van der Waals surface area contributed by atoms with E-state index in [-0.39, 0.29) is 56.8 Å². The van der Waals surface area contributed by atoms with E-state index in [0.29, 0.717) is 6.07 Å². The fourth-order valence-electron chi connectivity index (χ4n) is 7.27. The first-order chi connectivity index (χ1) is 21.1. The van der Waals surface area contributed by atoms with E-state index in [1.54, 1.807) is 6.92 Å². The third-order valence-electron chi connectivity index (χ3n) is 9.95. The summed E-state index contributed by atoms with van der Waals surface area (Å²) in [7, 11) is -3.38. The van der Waals surface area contributed by atoms with Gasteiger partial charge in [0, 0.05) is 36.8 Å². The van der Waals surface area contributed by atoms with E-state index in [9.17, 15) is 53.8 Å². The largest absolute Gasteiger partial charge is 0.481 e. The number of anilines is 1. The highest BCUT2D eigenvalue weighted by atomic mass is 32.2. The summed E-state index contributed by atoms with van der Waals surface area (Å²) in [4.78, 5) is 27.8. The van der Waals surface area contributed by atoms with E-state index in [1.165, 1.54) is 16.8 Å². The number of amides is 1. The highest BCUT2D eigenvalue weighted by molar-refractivity contribution is 7.92. The van der Waals surface area contributed by atoms with Crippen LogP contribution in [0.25, 0.3) is 0 Å². The van der Waals surface area contributed by atoms with Crippen molar-refractivity contribution in [1.29, 1.82) is 0 Å². The van der Waals surface area contributed by atoms with E-state index in [2.05, 4.69) is 0 Å². The number of likely N-dealkylation sites (N-methyl/N-ethyl adjacent to an activating group) is 1. The van der Waals surface area contributed by atoms with Crippen molar-refractivity contribution in [2.75, 3.05) is 25.0 Å². The second kappa shape index (κ2) is 10.8. The van der Waals surface area contributed by atoms with Gasteiger partial charge in [0.05, 0.1) is 16.9 Å². The molecule has 0 aromatic heterocycles. The van der Waals surface area contributed by atoms with E-state index in [4.69, 9.17) is 0 Å². The molecule has 2 unspecified atom stereocenters. The summed E-state index contributed by atoms with van der Waals surface area (Å²) < 4.78 is 138. The van der Waals surface area contributed by atoms with Crippen molar-refractivity contribution in [3.05, 3.63) is 59.4 Å². The Bertz CT molecular complexity index is 1640. The minimum atomic E-state index is -6.40. The van der Waals surface area contributed by atoms with Gasteiger partial charge in [-0.3, -0.25) is 9.59 Å². The molecule has 1 saturated carbocycles. The monoisotopic (exact) mass is 682 g/mol. The number of carboxylic acids is 1. The fraction of sp³-hybridized carbons (Fsp3) is 0.533. The number of nitrogens with zero attached hydrogens (tertiary/aromatic N) is 2. The Morgan fingerprint density at radius 3 is 2.00 bits per heavy atom. The first-order valence-electron chi connectivity index (χ1n) is 14.3. The molecule has 46 heavy (non-hydrogen) atoms. The van der Waals surface area contributed by atoms with Gasteiger partial charge in [0.2, 0.25) is 5.91 Å². The summed E-state index contributed by atoms with van der Waals surface area (Å²) in [6.45, 7) is 1.10. The SMILES string of the molecule is CN1CC2N(C(=O)C3(C)CCC(C(=O)O)CC3)CCC2(S(=O)(=O)c2ccc(F)cc2)c2ccc(C(F)(C(F)(F)F)C(F)(F)F)cc21.